The monoisotopic (exact) mass is 298 g/mol. The third-order valence-electron chi connectivity index (χ3n) is 3.00. The van der Waals surface area contributed by atoms with E-state index < -0.39 is 6.10 Å². The van der Waals surface area contributed by atoms with Crippen LogP contribution >= 0.6 is 23.2 Å². The van der Waals surface area contributed by atoms with Gasteiger partial charge in [-0.3, -0.25) is 0 Å². The third-order valence-corrected chi connectivity index (χ3v) is 3.64. The van der Waals surface area contributed by atoms with Crippen molar-refractivity contribution in [2.75, 3.05) is 0 Å². The van der Waals surface area contributed by atoms with Crippen LogP contribution in [0.1, 0.15) is 22.8 Å². The minimum Gasteiger partial charge on any atom is -0.388 e. The number of hydrogen-bond acceptors (Lipinski definition) is 1. The van der Waals surface area contributed by atoms with Gasteiger partial charge in [-0.15, -0.1) is 0 Å². The molecule has 0 aliphatic rings. The molecule has 0 amide bonds. The highest BCUT2D eigenvalue weighted by atomic mass is 35.5. The molecule has 0 heterocycles. The number of aliphatic hydroxyl groups excluding tert-OH is 1. The van der Waals surface area contributed by atoms with Crippen molar-refractivity contribution in [3.8, 4) is 0 Å². The first-order valence-electron chi connectivity index (χ1n) is 5.85. The summed E-state index contributed by atoms with van der Waals surface area (Å²) in [5, 5.41) is 11.2. The van der Waals surface area contributed by atoms with Gasteiger partial charge in [0.1, 0.15) is 5.82 Å². The molecule has 2 rings (SSSR count). The number of aliphatic hydroxyl groups is 1. The summed E-state index contributed by atoms with van der Waals surface area (Å²) >= 11 is 11.8. The summed E-state index contributed by atoms with van der Waals surface area (Å²) in [6.07, 6.45) is -0.655. The summed E-state index contributed by atoms with van der Waals surface area (Å²) < 4.78 is 13.6. The van der Waals surface area contributed by atoms with Crippen molar-refractivity contribution < 1.29 is 9.50 Å². The Balaban J connectivity index is 2.22. The van der Waals surface area contributed by atoms with Crippen molar-refractivity contribution in [3.05, 3.63) is 69.0 Å². The zero-order valence-corrected chi connectivity index (χ0v) is 11.8. The molecule has 0 saturated carbocycles. The molecule has 0 fully saturated rings. The molecule has 0 saturated heterocycles. The first-order chi connectivity index (χ1) is 8.97. The van der Waals surface area contributed by atoms with Crippen LogP contribution in [-0.4, -0.2) is 5.11 Å². The Kier molecular flexibility index (Phi) is 4.46. The van der Waals surface area contributed by atoms with Crippen LogP contribution in [0.25, 0.3) is 0 Å². The second kappa shape index (κ2) is 5.91. The van der Waals surface area contributed by atoms with Crippen LogP contribution in [0.15, 0.2) is 36.4 Å². The van der Waals surface area contributed by atoms with E-state index in [9.17, 15) is 9.50 Å². The number of hydrogen-bond donors (Lipinski definition) is 1. The van der Waals surface area contributed by atoms with Gasteiger partial charge in [0.05, 0.1) is 6.10 Å². The Morgan fingerprint density at radius 3 is 2.58 bits per heavy atom. The normalized spacial score (nSPS) is 12.5. The Morgan fingerprint density at radius 2 is 1.89 bits per heavy atom. The van der Waals surface area contributed by atoms with E-state index in [1.807, 2.05) is 13.0 Å². The van der Waals surface area contributed by atoms with E-state index in [4.69, 9.17) is 23.2 Å². The molecule has 2 aromatic rings. The van der Waals surface area contributed by atoms with Crippen molar-refractivity contribution in [2.45, 2.75) is 19.4 Å². The molecule has 1 N–H and O–H groups in total. The lowest BCUT2D eigenvalue weighted by atomic mass is 10.00. The van der Waals surface area contributed by atoms with E-state index in [0.717, 1.165) is 5.56 Å². The van der Waals surface area contributed by atoms with Gasteiger partial charge < -0.3 is 5.11 Å². The third kappa shape index (κ3) is 3.47. The molecule has 1 nitrogen and oxygen atoms in total. The van der Waals surface area contributed by atoms with Crippen LogP contribution in [0.5, 0.6) is 0 Å². The second-order valence-corrected chi connectivity index (χ2v) is 5.31. The van der Waals surface area contributed by atoms with E-state index in [2.05, 4.69) is 0 Å². The largest absolute Gasteiger partial charge is 0.388 e. The van der Waals surface area contributed by atoms with Gasteiger partial charge in [-0.05, 0) is 47.9 Å². The highest BCUT2D eigenvalue weighted by Crippen LogP contribution is 2.25. The van der Waals surface area contributed by atoms with Gasteiger partial charge in [0.2, 0.25) is 0 Å². The Hall–Kier alpha value is -1.09. The van der Waals surface area contributed by atoms with Crippen molar-refractivity contribution in [3.63, 3.8) is 0 Å². The lowest BCUT2D eigenvalue weighted by molar-refractivity contribution is 0.177. The van der Waals surface area contributed by atoms with Gasteiger partial charge in [-0.25, -0.2) is 4.39 Å². The number of halogens is 3. The molecule has 1 unspecified atom stereocenters. The van der Waals surface area contributed by atoms with Gasteiger partial charge >= 0.3 is 0 Å². The van der Waals surface area contributed by atoms with E-state index in [1.165, 1.54) is 18.2 Å². The Morgan fingerprint density at radius 1 is 1.16 bits per heavy atom. The minimum atomic E-state index is -0.814. The molecular formula is C15H13Cl2FO. The van der Waals surface area contributed by atoms with Crippen LogP contribution < -0.4 is 0 Å². The molecule has 0 aliphatic heterocycles. The summed E-state index contributed by atoms with van der Waals surface area (Å²) in [6, 6.07) is 9.62. The van der Waals surface area contributed by atoms with Crippen molar-refractivity contribution in [1.29, 1.82) is 0 Å². The summed E-state index contributed by atoms with van der Waals surface area (Å²) in [5.41, 5.74) is 1.98. The molecule has 19 heavy (non-hydrogen) atoms. The summed E-state index contributed by atoms with van der Waals surface area (Å²) in [4.78, 5) is 0. The molecule has 0 spiro atoms. The smallest absolute Gasteiger partial charge is 0.126 e. The van der Waals surface area contributed by atoms with Gasteiger partial charge in [-0.2, -0.15) is 0 Å². The average molecular weight is 299 g/mol. The fourth-order valence-electron chi connectivity index (χ4n) is 1.84. The minimum absolute atomic E-state index is 0.159. The second-order valence-electron chi connectivity index (χ2n) is 4.46. The van der Waals surface area contributed by atoms with Crippen LogP contribution in [0.4, 0.5) is 4.39 Å². The molecule has 0 radical (unpaired) electrons. The predicted octanol–water partition coefficient (Wildman–Crippen LogP) is 4.72. The maximum Gasteiger partial charge on any atom is 0.126 e. The van der Waals surface area contributed by atoms with E-state index in [0.29, 0.717) is 21.2 Å². The molecule has 1 atom stereocenters. The molecule has 4 heteroatoms. The Bertz CT molecular complexity index is 599. The standard InChI is InChI=1S/C15H13Cl2FO/c1-9-2-3-10(7-13(9)17)15(19)8-11-6-12(16)4-5-14(11)18/h2-7,15,19H,8H2,1H3. The molecule has 0 aliphatic carbocycles. The number of aryl methyl sites for hydroxylation is 1. The molecule has 100 valence electrons. The SMILES string of the molecule is Cc1ccc(C(O)Cc2cc(Cl)ccc2F)cc1Cl. The van der Waals surface area contributed by atoms with Crippen LogP contribution in [-0.2, 0) is 6.42 Å². The first kappa shape index (κ1) is 14.3. The zero-order valence-electron chi connectivity index (χ0n) is 10.3. The lowest BCUT2D eigenvalue weighted by Gasteiger charge is -2.13. The fourth-order valence-corrected chi connectivity index (χ4v) is 2.23. The number of benzene rings is 2. The molecule has 0 aromatic heterocycles. The highest BCUT2D eigenvalue weighted by molar-refractivity contribution is 6.31. The lowest BCUT2D eigenvalue weighted by Crippen LogP contribution is -2.04. The predicted molar refractivity (Wildman–Crippen MR) is 76.3 cm³/mol. The summed E-state index contributed by atoms with van der Waals surface area (Å²) in [7, 11) is 0. The van der Waals surface area contributed by atoms with Gasteiger partial charge in [-0.1, -0.05) is 35.3 Å². The molecule has 0 bridgehead atoms. The maximum absolute atomic E-state index is 13.6. The Labute approximate surface area is 121 Å². The van der Waals surface area contributed by atoms with E-state index in [1.54, 1.807) is 12.1 Å². The zero-order chi connectivity index (χ0) is 14.0. The van der Waals surface area contributed by atoms with Crippen LogP contribution in [0, 0.1) is 12.7 Å². The molecule has 2 aromatic carbocycles. The van der Waals surface area contributed by atoms with Gasteiger partial charge in [0.25, 0.3) is 0 Å². The quantitative estimate of drug-likeness (QED) is 0.869. The summed E-state index contributed by atoms with van der Waals surface area (Å²) in [6.45, 7) is 1.88. The van der Waals surface area contributed by atoms with E-state index >= 15 is 0 Å². The van der Waals surface area contributed by atoms with Crippen molar-refractivity contribution in [1.82, 2.24) is 0 Å². The van der Waals surface area contributed by atoms with Crippen LogP contribution in [0.3, 0.4) is 0 Å². The van der Waals surface area contributed by atoms with Crippen LogP contribution in [0.2, 0.25) is 10.0 Å². The van der Waals surface area contributed by atoms with Crippen molar-refractivity contribution in [2.24, 2.45) is 0 Å². The van der Waals surface area contributed by atoms with Gasteiger partial charge in [0, 0.05) is 16.5 Å². The highest BCUT2D eigenvalue weighted by Gasteiger charge is 2.13. The maximum atomic E-state index is 13.6. The fraction of sp³-hybridized carbons (Fsp3) is 0.200. The van der Waals surface area contributed by atoms with E-state index in [-0.39, 0.29) is 12.2 Å². The number of rotatable bonds is 3. The van der Waals surface area contributed by atoms with Gasteiger partial charge in [0.15, 0.2) is 0 Å². The van der Waals surface area contributed by atoms with Crippen molar-refractivity contribution >= 4 is 23.2 Å². The average Bonchev–Trinajstić information content (AvgIpc) is 2.37. The first-order valence-corrected chi connectivity index (χ1v) is 6.61. The topological polar surface area (TPSA) is 20.2 Å². The molecular weight excluding hydrogens is 286 g/mol. The summed E-state index contributed by atoms with van der Waals surface area (Å²) in [5.74, 6) is -0.373.